The van der Waals surface area contributed by atoms with Crippen molar-refractivity contribution in [3.05, 3.63) is 94.6 Å². The second-order valence-corrected chi connectivity index (χ2v) is 14.8. The fraction of sp³-hybridized carbons (Fsp3) is 0.432. The van der Waals surface area contributed by atoms with Crippen LogP contribution in [0.1, 0.15) is 50.3 Å². The lowest BCUT2D eigenvalue weighted by Gasteiger charge is -2.31. The average molecular weight is 795 g/mol. The van der Waals surface area contributed by atoms with Crippen molar-refractivity contribution >= 4 is 34.3 Å². The third kappa shape index (κ3) is 8.92. The van der Waals surface area contributed by atoms with Crippen LogP contribution in [-0.4, -0.2) is 71.9 Å². The molecule has 0 saturated heterocycles. The predicted octanol–water partition coefficient (Wildman–Crippen LogP) is 6.09. The number of hydrogen-bond donors (Lipinski definition) is 2. The number of benzene rings is 1. The molecule has 0 bridgehead atoms. The highest BCUT2D eigenvalue weighted by molar-refractivity contribution is 6.18. The van der Waals surface area contributed by atoms with E-state index in [-0.39, 0.29) is 41.5 Å². The van der Waals surface area contributed by atoms with Crippen molar-refractivity contribution in [2.75, 3.05) is 12.9 Å². The molecule has 1 aliphatic carbocycles. The molecule has 1 fully saturated rings. The van der Waals surface area contributed by atoms with Gasteiger partial charge in [-0.05, 0) is 61.9 Å². The standard InChI is InChI=1S/C37H41ClF6N8O3/c1-7-21(18-50(5)34(40)41)12-28(46-33(55)36(10-11-38)16-25(36)22-8-9-23-17-45-51(6)29(23)14-22)31(53)47-35(2,3)20-52-30(37(42,43)44)15-27(48-52)24-13-26(39)32(54)49(4)19-24/h7-9,13-15,17-19,25,28,34H,1,10-12,16,20H2,2-6H3,(H,46,55)(H,47,53)/b21-18+. The molecule has 2 amide bonds. The first kappa shape index (κ1) is 41.1. The largest absolute Gasteiger partial charge is 0.433 e. The molecular formula is C37H41ClF6N8O3. The molecule has 18 heteroatoms. The van der Waals surface area contributed by atoms with E-state index in [9.17, 15) is 40.7 Å². The van der Waals surface area contributed by atoms with Gasteiger partial charge in [-0.15, -0.1) is 11.6 Å². The molecule has 0 radical (unpaired) electrons. The fourth-order valence-electron chi connectivity index (χ4n) is 6.74. The number of halogens is 7. The van der Waals surface area contributed by atoms with Crippen LogP contribution < -0.4 is 16.2 Å². The molecule has 1 saturated carbocycles. The van der Waals surface area contributed by atoms with Crippen LogP contribution in [0.5, 0.6) is 0 Å². The van der Waals surface area contributed by atoms with Crippen molar-refractivity contribution < 1.29 is 35.9 Å². The van der Waals surface area contributed by atoms with Gasteiger partial charge < -0.3 is 20.1 Å². The summed E-state index contributed by atoms with van der Waals surface area (Å²) in [5, 5.41) is 14.7. The van der Waals surface area contributed by atoms with Gasteiger partial charge in [-0.2, -0.15) is 32.1 Å². The number of hydrogen-bond acceptors (Lipinski definition) is 6. The summed E-state index contributed by atoms with van der Waals surface area (Å²) in [5.41, 5.74) is -3.13. The number of rotatable bonds is 15. The van der Waals surface area contributed by atoms with E-state index < -0.39 is 65.2 Å². The smallest absolute Gasteiger partial charge is 0.348 e. The normalized spacial score (nSPS) is 18.1. The first-order chi connectivity index (χ1) is 25.7. The molecule has 4 aromatic rings. The second-order valence-electron chi connectivity index (χ2n) is 14.5. The maximum atomic E-state index is 14.3. The zero-order valence-electron chi connectivity index (χ0n) is 30.7. The van der Waals surface area contributed by atoms with Gasteiger partial charge in [0.25, 0.3) is 5.56 Å². The maximum Gasteiger partial charge on any atom is 0.433 e. The number of nitrogens with zero attached hydrogens (tertiary/aromatic N) is 6. The third-order valence-electron chi connectivity index (χ3n) is 9.76. The molecule has 0 aliphatic heterocycles. The van der Waals surface area contributed by atoms with E-state index in [1.54, 1.807) is 17.9 Å². The number of carbonyl (C=O) groups is 2. The van der Waals surface area contributed by atoms with Crippen molar-refractivity contribution in [2.24, 2.45) is 19.5 Å². The van der Waals surface area contributed by atoms with Crippen molar-refractivity contribution in [1.82, 2.24) is 39.7 Å². The summed E-state index contributed by atoms with van der Waals surface area (Å²) < 4.78 is 87.1. The SMILES string of the molecule is C=C/C(=C\N(C)C(F)F)CC(NC(=O)C1(CCCl)CC1c1ccc2cnn(C)c2c1)C(=O)NC(C)(C)Cn1nc(-c2cc(F)c(=O)n(C)c2)cc1C(F)(F)F. The summed E-state index contributed by atoms with van der Waals surface area (Å²) in [4.78, 5) is 40.7. The Kier molecular flexibility index (Phi) is 11.7. The molecule has 3 heterocycles. The molecule has 296 valence electrons. The van der Waals surface area contributed by atoms with E-state index in [2.05, 4.69) is 27.4 Å². The lowest BCUT2D eigenvalue weighted by molar-refractivity contribution is -0.144. The molecule has 11 nitrogen and oxygen atoms in total. The number of aromatic nitrogens is 5. The summed E-state index contributed by atoms with van der Waals surface area (Å²) in [6.07, 6.45) is 0.660. The quantitative estimate of drug-likeness (QED) is 0.0652. The molecular weight excluding hydrogens is 754 g/mol. The molecule has 1 aromatic carbocycles. The lowest BCUT2D eigenvalue weighted by Crippen LogP contribution is -2.56. The topological polar surface area (TPSA) is 119 Å². The number of aryl methyl sites for hydroxylation is 2. The summed E-state index contributed by atoms with van der Waals surface area (Å²) in [7, 11) is 4.15. The van der Waals surface area contributed by atoms with Gasteiger partial charge in [0.1, 0.15) is 11.7 Å². The average Bonchev–Trinajstić information content (AvgIpc) is 3.48. The van der Waals surface area contributed by atoms with E-state index in [1.807, 2.05) is 18.2 Å². The van der Waals surface area contributed by atoms with Crippen LogP contribution in [-0.2, 0) is 36.4 Å². The Morgan fingerprint density at radius 1 is 1.18 bits per heavy atom. The highest BCUT2D eigenvalue weighted by atomic mass is 35.5. The van der Waals surface area contributed by atoms with Gasteiger partial charge in [0.15, 0.2) is 5.82 Å². The lowest BCUT2D eigenvalue weighted by atomic mass is 9.93. The second kappa shape index (κ2) is 15.6. The number of fused-ring (bicyclic) bond motifs is 1. The number of carbonyl (C=O) groups excluding carboxylic acids is 2. The van der Waals surface area contributed by atoms with Crippen LogP contribution in [0.3, 0.4) is 0 Å². The maximum absolute atomic E-state index is 14.3. The number of pyridine rings is 1. The minimum Gasteiger partial charge on any atom is -0.348 e. The van der Waals surface area contributed by atoms with Gasteiger partial charge in [-0.25, -0.2) is 4.39 Å². The highest BCUT2D eigenvalue weighted by Gasteiger charge is 2.60. The molecule has 3 aromatic heterocycles. The molecule has 3 unspecified atom stereocenters. The minimum atomic E-state index is -4.92. The summed E-state index contributed by atoms with van der Waals surface area (Å²) in [6, 6.07) is 5.83. The van der Waals surface area contributed by atoms with Crippen LogP contribution in [0.25, 0.3) is 22.2 Å². The van der Waals surface area contributed by atoms with Gasteiger partial charge in [0, 0.05) is 56.8 Å². The molecule has 0 spiro atoms. The van der Waals surface area contributed by atoms with Gasteiger partial charge >= 0.3 is 12.7 Å². The van der Waals surface area contributed by atoms with E-state index in [4.69, 9.17) is 11.6 Å². The molecule has 1 aliphatic rings. The monoisotopic (exact) mass is 794 g/mol. The Balaban J connectivity index is 1.44. The zero-order valence-corrected chi connectivity index (χ0v) is 31.5. The first-order valence-corrected chi connectivity index (χ1v) is 17.7. The third-order valence-corrected chi connectivity index (χ3v) is 9.95. The number of alkyl halides is 6. The van der Waals surface area contributed by atoms with Crippen molar-refractivity contribution in [3.8, 4) is 11.3 Å². The predicted molar refractivity (Wildman–Crippen MR) is 195 cm³/mol. The van der Waals surface area contributed by atoms with Crippen LogP contribution in [0.15, 0.2) is 71.9 Å². The number of nitrogens with one attached hydrogen (secondary N) is 2. The Hall–Kier alpha value is -5.06. The van der Waals surface area contributed by atoms with Crippen molar-refractivity contribution in [3.63, 3.8) is 0 Å². The molecule has 2 N–H and O–H groups in total. The van der Waals surface area contributed by atoms with Gasteiger partial charge in [0.2, 0.25) is 11.8 Å². The van der Waals surface area contributed by atoms with Crippen LogP contribution in [0.2, 0.25) is 0 Å². The van der Waals surface area contributed by atoms with Crippen molar-refractivity contribution in [1.29, 1.82) is 0 Å². The molecule has 55 heavy (non-hydrogen) atoms. The molecule has 5 rings (SSSR count). The summed E-state index contributed by atoms with van der Waals surface area (Å²) in [5.74, 6) is -2.65. The molecule has 3 atom stereocenters. The highest BCUT2D eigenvalue weighted by Crippen LogP contribution is 2.62. The van der Waals surface area contributed by atoms with Gasteiger partial charge in [0.05, 0.1) is 34.9 Å². The van der Waals surface area contributed by atoms with Crippen LogP contribution in [0.4, 0.5) is 26.3 Å². The first-order valence-electron chi connectivity index (χ1n) is 17.1. The Bertz CT molecular complexity index is 2170. The van der Waals surface area contributed by atoms with E-state index in [0.29, 0.717) is 22.1 Å². The Morgan fingerprint density at radius 3 is 2.51 bits per heavy atom. The Labute approximate surface area is 317 Å². The van der Waals surface area contributed by atoms with E-state index in [0.717, 1.165) is 46.5 Å². The van der Waals surface area contributed by atoms with Gasteiger partial charge in [-0.1, -0.05) is 24.8 Å². The van der Waals surface area contributed by atoms with E-state index >= 15 is 0 Å². The Morgan fingerprint density at radius 2 is 1.89 bits per heavy atom. The van der Waals surface area contributed by atoms with Crippen LogP contribution in [0, 0.1) is 11.2 Å². The van der Waals surface area contributed by atoms with Crippen LogP contribution >= 0.6 is 11.6 Å². The number of amides is 2. The summed E-state index contributed by atoms with van der Waals surface area (Å²) in [6.45, 7) is 3.12. The minimum absolute atomic E-state index is 0.0875. The fourth-order valence-corrected chi connectivity index (χ4v) is 7.07. The van der Waals surface area contributed by atoms with E-state index in [1.165, 1.54) is 27.0 Å². The zero-order chi connectivity index (χ0) is 40.6. The number of allylic oxidation sites excluding steroid dienone is 1. The summed E-state index contributed by atoms with van der Waals surface area (Å²) >= 11 is 6.20. The van der Waals surface area contributed by atoms with Gasteiger partial charge in [-0.3, -0.25) is 23.7 Å². The van der Waals surface area contributed by atoms with Crippen molar-refractivity contribution in [2.45, 2.75) is 69.9 Å².